The van der Waals surface area contributed by atoms with Crippen LogP contribution in [0, 0.1) is 17.3 Å². The van der Waals surface area contributed by atoms with Gasteiger partial charge in [-0.3, -0.25) is 9.59 Å². The number of aromatic nitrogens is 2. The molecule has 7 heteroatoms. The third-order valence-corrected chi connectivity index (χ3v) is 6.29. The second-order valence-corrected chi connectivity index (χ2v) is 9.28. The molecule has 0 bridgehead atoms. The van der Waals surface area contributed by atoms with E-state index in [9.17, 15) is 9.59 Å². The van der Waals surface area contributed by atoms with Gasteiger partial charge < -0.3 is 16.0 Å². The summed E-state index contributed by atoms with van der Waals surface area (Å²) < 4.78 is 0. The van der Waals surface area contributed by atoms with Gasteiger partial charge >= 0.3 is 0 Å². The van der Waals surface area contributed by atoms with Gasteiger partial charge in [0.15, 0.2) is 0 Å². The lowest BCUT2D eigenvalue weighted by Crippen LogP contribution is -2.35. The summed E-state index contributed by atoms with van der Waals surface area (Å²) >= 11 is 0. The van der Waals surface area contributed by atoms with Gasteiger partial charge in [-0.05, 0) is 56.3 Å². The second-order valence-electron chi connectivity index (χ2n) is 9.28. The highest BCUT2D eigenvalue weighted by Gasteiger charge is 2.38. The number of hydrogen-bond donors (Lipinski definition) is 2. The van der Waals surface area contributed by atoms with Gasteiger partial charge in [-0.15, -0.1) is 0 Å². The molecule has 3 rings (SSSR count). The van der Waals surface area contributed by atoms with Crippen LogP contribution >= 0.6 is 0 Å². The number of nitrogens with two attached hydrogens (primary N) is 1. The highest BCUT2D eigenvalue weighted by Crippen LogP contribution is 2.47. The summed E-state index contributed by atoms with van der Waals surface area (Å²) in [6.07, 6.45) is 8.32. The predicted molar refractivity (Wildman–Crippen MR) is 109 cm³/mol. The molecule has 0 saturated heterocycles. The quantitative estimate of drug-likeness (QED) is 0.749. The smallest absolute Gasteiger partial charge is 0.252 e. The summed E-state index contributed by atoms with van der Waals surface area (Å²) in [6.45, 7) is 4.46. The molecule has 0 radical (unpaired) electrons. The fourth-order valence-electron chi connectivity index (χ4n) is 4.30. The van der Waals surface area contributed by atoms with Gasteiger partial charge in [-0.2, -0.15) is 0 Å². The van der Waals surface area contributed by atoms with Crippen LogP contribution in [-0.4, -0.2) is 46.8 Å². The first-order valence-corrected chi connectivity index (χ1v) is 10.3. The fraction of sp³-hybridized carbons (Fsp3) is 0.714. The van der Waals surface area contributed by atoms with Crippen molar-refractivity contribution in [1.29, 1.82) is 0 Å². The van der Waals surface area contributed by atoms with Crippen molar-refractivity contribution in [3.8, 4) is 0 Å². The monoisotopic (exact) mass is 387 g/mol. The third-order valence-electron chi connectivity index (χ3n) is 6.29. The van der Waals surface area contributed by atoms with Gasteiger partial charge in [0.2, 0.25) is 11.9 Å². The topological polar surface area (TPSA) is 101 Å². The molecule has 2 aliphatic carbocycles. The highest BCUT2D eigenvalue weighted by atomic mass is 16.2. The number of carbonyl (C=O) groups is 2. The average Bonchev–Trinajstić information content (AvgIpc) is 3.47. The molecule has 3 N–H and O–H groups in total. The number of nitrogens with one attached hydrogen (secondary N) is 1. The van der Waals surface area contributed by atoms with Crippen LogP contribution in [0.1, 0.15) is 68.4 Å². The molecule has 0 aromatic carbocycles. The van der Waals surface area contributed by atoms with Crippen molar-refractivity contribution >= 4 is 17.8 Å². The Kier molecular flexibility index (Phi) is 5.91. The van der Waals surface area contributed by atoms with E-state index in [0.29, 0.717) is 17.4 Å². The molecule has 0 spiro atoms. The van der Waals surface area contributed by atoms with Crippen molar-refractivity contribution < 1.29 is 9.59 Å². The van der Waals surface area contributed by atoms with Crippen LogP contribution in [0.3, 0.4) is 0 Å². The lowest BCUT2D eigenvalue weighted by atomic mass is 9.81. The number of anilines is 1. The van der Waals surface area contributed by atoms with Gasteiger partial charge in [-0.1, -0.05) is 13.8 Å². The van der Waals surface area contributed by atoms with Crippen molar-refractivity contribution in [2.45, 2.75) is 64.8 Å². The molecule has 2 fully saturated rings. The number of nitrogens with zero attached hydrogens (tertiary/aromatic N) is 3. The van der Waals surface area contributed by atoms with E-state index in [0.717, 1.165) is 37.8 Å². The van der Waals surface area contributed by atoms with E-state index in [-0.39, 0.29) is 23.3 Å². The molecule has 0 unspecified atom stereocenters. The van der Waals surface area contributed by atoms with Gasteiger partial charge in [0, 0.05) is 32.3 Å². The van der Waals surface area contributed by atoms with Crippen molar-refractivity contribution in [1.82, 2.24) is 14.9 Å². The van der Waals surface area contributed by atoms with Gasteiger partial charge in [0.25, 0.3) is 5.91 Å². The molecule has 2 saturated carbocycles. The number of primary amides is 1. The lowest BCUT2D eigenvalue weighted by molar-refractivity contribution is -0.133. The van der Waals surface area contributed by atoms with E-state index in [1.807, 2.05) is 14.1 Å². The van der Waals surface area contributed by atoms with Crippen LogP contribution in [0.4, 0.5) is 5.95 Å². The Labute approximate surface area is 167 Å². The molecule has 1 aromatic rings. The van der Waals surface area contributed by atoms with Crippen LogP contribution < -0.4 is 11.1 Å². The normalized spacial score (nSPS) is 22.6. The van der Waals surface area contributed by atoms with E-state index < -0.39 is 5.91 Å². The minimum Gasteiger partial charge on any atom is -0.365 e. The summed E-state index contributed by atoms with van der Waals surface area (Å²) in [7, 11) is 3.62. The maximum atomic E-state index is 12.1. The van der Waals surface area contributed by atoms with Crippen LogP contribution in [0.15, 0.2) is 6.20 Å². The zero-order valence-electron chi connectivity index (χ0n) is 17.5. The minimum absolute atomic E-state index is 0.0976. The van der Waals surface area contributed by atoms with Crippen LogP contribution in [0.5, 0.6) is 0 Å². The third kappa shape index (κ3) is 4.80. The highest BCUT2D eigenvalue weighted by molar-refractivity contribution is 5.93. The van der Waals surface area contributed by atoms with Gasteiger partial charge in [0.05, 0.1) is 11.3 Å². The minimum atomic E-state index is -0.476. The fourth-order valence-corrected chi connectivity index (χ4v) is 4.30. The summed E-state index contributed by atoms with van der Waals surface area (Å²) in [5, 5.41) is 3.41. The number of hydrogen-bond acceptors (Lipinski definition) is 5. The SMILES string of the molecule is CN(C)C(=O)C1CCC(Nc2ncc(C(N)=O)c(CC(C)(C)C3CC3)n2)CC1. The van der Waals surface area contributed by atoms with Crippen LogP contribution in [-0.2, 0) is 11.2 Å². The number of rotatable bonds is 7. The Hall–Kier alpha value is -2.18. The first-order chi connectivity index (χ1) is 13.2. The largest absolute Gasteiger partial charge is 0.365 e. The van der Waals surface area contributed by atoms with E-state index >= 15 is 0 Å². The molecule has 28 heavy (non-hydrogen) atoms. The zero-order chi connectivity index (χ0) is 20.5. The number of carbonyl (C=O) groups excluding carboxylic acids is 2. The molecule has 0 aliphatic heterocycles. The summed E-state index contributed by atoms with van der Waals surface area (Å²) in [6, 6.07) is 0.245. The molecule has 2 aliphatic rings. The standard InChI is InChI=1S/C21H33N5O2/c1-21(2,14-7-8-14)11-17-16(18(22)27)12-23-20(25-17)24-15-9-5-13(6-10-15)19(28)26(3)4/h12-15H,5-11H2,1-4H3,(H2,22,27)(H,23,24,25). The van der Waals surface area contributed by atoms with E-state index in [4.69, 9.17) is 5.73 Å². The molecule has 1 heterocycles. The summed E-state index contributed by atoms with van der Waals surface area (Å²) in [4.78, 5) is 34.6. The second kappa shape index (κ2) is 8.05. The Morgan fingerprint density at radius 3 is 2.36 bits per heavy atom. The van der Waals surface area contributed by atoms with Crippen LogP contribution in [0.25, 0.3) is 0 Å². The van der Waals surface area contributed by atoms with Crippen molar-refractivity contribution in [2.75, 3.05) is 19.4 Å². The molecule has 0 atom stereocenters. The molecule has 7 nitrogen and oxygen atoms in total. The summed E-state index contributed by atoms with van der Waals surface area (Å²) in [5.74, 6) is 1.08. The maximum Gasteiger partial charge on any atom is 0.252 e. The first kappa shape index (κ1) is 20.6. The lowest BCUT2D eigenvalue weighted by Gasteiger charge is -2.30. The van der Waals surface area contributed by atoms with E-state index in [1.54, 1.807) is 11.1 Å². The summed E-state index contributed by atoms with van der Waals surface area (Å²) in [5.41, 5.74) is 6.80. The average molecular weight is 388 g/mol. The van der Waals surface area contributed by atoms with Gasteiger partial charge in [0.1, 0.15) is 0 Å². The van der Waals surface area contributed by atoms with E-state index in [2.05, 4.69) is 29.1 Å². The maximum absolute atomic E-state index is 12.1. The Bertz CT molecular complexity index is 734. The van der Waals surface area contributed by atoms with E-state index in [1.165, 1.54) is 12.8 Å². The molecular weight excluding hydrogens is 354 g/mol. The number of amides is 2. The van der Waals surface area contributed by atoms with Crippen molar-refractivity contribution in [3.63, 3.8) is 0 Å². The van der Waals surface area contributed by atoms with Crippen molar-refractivity contribution in [3.05, 3.63) is 17.5 Å². The Morgan fingerprint density at radius 2 is 1.82 bits per heavy atom. The molecule has 2 amide bonds. The van der Waals surface area contributed by atoms with Gasteiger partial charge in [-0.25, -0.2) is 9.97 Å². The molecule has 1 aromatic heterocycles. The molecular formula is C21H33N5O2. The predicted octanol–water partition coefficient (Wildman–Crippen LogP) is 2.61. The molecule has 154 valence electrons. The van der Waals surface area contributed by atoms with Crippen LogP contribution in [0.2, 0.25) is 0 Å². The zero-order valence-corrected chi connectivity index (χ0v) is 17.5. The Balaban J connectivity index is 1.67. The van der Waals surface area contributed by atoms with Crippen molar-refractivity contribution in [2.24, 2.45) is 23.0 Å². The Morgan fingerprint density at radius 1 is 1.18 bits per heavy atom. The first-order valence-electron chi connectivity index (χ1n) is 10.3.